The molecule has 2 N–H and O–H groups in total. The van der Waals surface area contributed by atoms with Gasteiger partial charge < -0.3 is 14.8 Å². The van der Waals surface area contributed by atoms with Gasteiger partial charge in [-0.1, -0.05) is 11.8 Å². The zero-order chi connectivity index (χ0) is 22.3. The highest BCUT2D eigenvalue weighted by atomic mass is 32.2. The number of halogens is 1. The number of ether oxygens (including phenoxy) is 1. The van der Waals surface area contributed by atoms with Crippen LogP contribution < -0.4 is 4.74 Å². The highest BCUT2D eigenvalue weighted by Crippen LogP contribution is 2.36. The molecule has 0 aliphatic carbocycles. The molecule has 1 aliphatic rings. The molecule has 6 nitrogen and oxygen atoms in total. The van der Waals surface area contributed by atoms with Crippen LogP contribution >= 0.6 is 34.9 Å². The Bertz CT molecular complexity index is 1370. The van der Waals surface area contributed by atoms with Crippen LogP contribution in [0.5, 0.6) is 5.75 Å². The largest absolute Gasteiger partial charge is 0.497 e. The van der Waals surface area contributed by atoms with E-state index in [9.17, 15) is 14.3 Å². The van der Waals surface area contributed by atoms with Crippen molar-refractivity contribution in [3.63, 3.8) is 0 Å². The van der Waals surface area contributed by atoms with Crippen molar-refractivity contribution in [1.29, 1.82) is 0 Å². The molecule has 10 heteroatoms. The van der Waals surface area contributed by atoms with Crippen molar-refractivity contribution in [2.45, 2.75) is 16.3 Å². The van der Waals surface area contributed by atoms with Crippen molar-refractivity contribution in [3.05, 3.63) is 54.0 Å². The van der Waals surface area contributed by atoms with Crippen molar-refractivity contribution in [1.82, 2.24) is 9.97 Å². The lowest BCUT2D eigenvalue weighted by Crippen LogP contribution is -2.39. The number of hydrogen-bond acceptors (Lipinski definition) is 7. The summed E-state index contributed by atoms with van der Waals surface area (Å²) in [4.78, 5) is 24.6. The van der Waals surface area contributed by atoms with Gasteiger partial charge in [0.2, 0.25) is 0 Å². The minimum atomic E-state index is -1.24. The van der Waals surface area contributed by atoms with Gasteiger partial charge in [0.25, 0.3) is 0 Å². The number of thioether (sulfide) groups is 2. The summed E-state index contributed by atoms with van der Waals surface area (Å²) in [5, 5.41) is 11.6. The number of benzene rings is 2. The third-order valence-electron chi connectivity index (χ3n) is 5.23. The molecule has 0 bridgehead atoms. The number of aromatic nitrogens is 2. The molecule has 164 valence electrons. The minimum absolute atomic E-state index is 0.223. The number of thiazole rings is 1. The fraction of sp³-hybridized carbons (Fsp3) is 0.227. The van der Waals surface area contributed by atoms with Crippen LogP contribution in [0.15, 0.2) is 51.8 Å². The monoisotopic (exact) mass is 487 g/mol. The van der Waals surface area contributed by atoms with Gasteiger partial charge in [0, 0.05) is 35.2 Å². The summed E-state index contributed by atoms with van der Waals surface area (Å²) in [5.41, 5.74) is 1.03. The Morgan fingerprint density at radius 3 is 3.00 bits per heavy atom. The molecular weight excluding hydrogens is 469 g/mol. The summed E-state index contributed by atoms with van der Waals surface area (Å²) in [6.07, 6.45) is 0.223. The van der Waals surface area contributed by atoms with E-state index < -0.39 is 11.5 Å². The second kappa shape index (κ2) is 8.42. The average molecular weight is 488 g/mol. The normalized spacial score (nSPS) is 18.4. The van der Waals surface area contributed by atoms with Crippen molar-refractivity contribution in [2.75, 3.05) is 18.6 Å². The summed E-state index contributed by atoms with van der Waals surface area (Å²) in [6, 6.07) is 12.1. The van der Waals surface area contributed by atoms with E-state index in [0.717, 1.165) is 36.4 Å². The summed E-state index contributed by atoms with van der Waals surface area (Å²) >= 11 is 4.62. The lowest BCUT2D eigenvalue weighted by molar-refractivity contribution is -0.142. The lowest BCUT2D eigenvalue weighted by Gasteiger charge is -2.19. The molecule has 0 amide bonds. The Morgan fingerprint density at radius 2 is 2.19 bits per heavy atom. The first-order valence-corrected chi connectivity index (χ1v) is 12.5. The topological polar surface area (TPSA) is 87.6 Å². The van der Waals surface area contributed by atoms with Crippen molar-refractivity contribution < 1.29 is 19.0 Å². The first kappa shape index (κ1) is 21.3. The van der Waals surface area contributed by atoms with E-state index in [-0.39, 0.29) is 12.2 Å². The van der Waals surface area contributed by atoms with Gasteiger partial charge in [0.1, 0.15) is 11.6 Å². The predicted molar refractivity (Wildman–Crippen MR) is 129 cm³/mol. The smallest absolute Gasteiger partial charge is 0.332 e. The number of aliphatic carboxylic acids is 1. The van der Waals surface area contributed by atoms with Gasteiger partial charge in [-0.15, -0.1) is 23.1 Å². The molecule has 32 heavy (non-hydrogen) atoms. The highest BCUT2D eigenvalue weighted by molar-refractivity contribution is 8.16. The maximum atomic E-state index is 13.5. The molecular formula is C22H18FN3O3S3. The number of nitrogens with zero attached hydrogens (tertiary/aromatic N) is 2. The van der Waals surface area contributed by atoms with Gasteiger partial charge >= 0.3 is 5.97 Å². The first-order valence-electron chi connectivity index (χ1n) is 9.73. The van der Waals surface area contributed by atoms with E-state index in [0.29, 0.717) is 17.0 Å². The van der Waals surface area contributed by atoms with E-state index in [2.05, 4.69) is 15.0 Å². The fourth-order valence-electron chi connectivity index (χ4n) is 3.62. The minimum Gasteiger partial charge on any atom is -0.497 e. The number of aliphatic imine (C=N–C) groups is 1. The Kier molecular flexibility index (Phi) is 5.60. The van der Waals surface area contributed by atoms with E-state index in [1.54, 1.807) is 36.3 Å². The van der Waals surface area contributed by atoms with Gasteiger partial charge in [-0.2, -0.15) is 0 Å². The lowest BCUT2D eigenvalue weighted by atomic mass is 9.96. The second-order valence-corrected chi connectivity index (χ2v) is 10.7. The van der Waals surface area contributed by atoms with E-state index in [4.69, 9.17) is 4.74 Å². The van der Waals surface area contributed by atoms with Gasteiger partial charge in [-0.25, -0.2) is 14.2 Å². The summed E-state index contributed by atoms with van der Waals surface area (Å²) in [5.74, 6) is 0.400. The highest BCUT2D eigenvalue weighted by Gasteiger charge is 2.43. The molecule has 4 aromatic rings. The number of carboxylic acids is 1. The van der Waals surface area contributed by atoms with Crippen LogP contribution in [0.25, 0.3) is 21.1 Å². The average Bonchev–Trinajstić information content (AvgIpc) is 3.48. The number of carboxylic acid groups (broad SMARTS) is 1. The summed E-state index contributed by atoms with van der Waals surface area (Å²) < 4.78 is 20.7. The van der Waals surface area contributed by atoms with E-state index >= 15 is 0 Å². The zero-order valence-electron chi connectivity index (χ0n) is 16.9. The van der Waals surface area contributed by atoms with Crippen LogP contribution in [-0.4, -0.2) is 50.2 Å². The van der Waals surface area contributed by atoms with Gasteiger partial charge in [-0.3, -0.25) is 4.99 Å². The predicted octanol–water partition coefficient (Wildman–Crippen LogP) is 5.23. The van der Waals surface area contributed by atoms with Crippen LogP contribution in [0.4, 0.5) is 4.39 Å². The quantitative estimate of drug-likeness (QED) is 0.347. The Labute approximate surface area is 195 Å². The Balaban J connectivity index is 1.33. The van der Waals surface area contributed by atoms with Crippen molar-refractivity contribution >= 4 is 67.0 Å². The van der Waals surface area contributed by atoms with Crippen LogP contribution in [0.1, 0.15) is 5.69 Å². The van der Waals surface area contributed by atoms with Crippen LogP contribution in [0.3, 0.4) is 0 Å². The Hall–Kier alpha value is -2.56. The molecule has 2 aromatic carbocycles. The molecule has 1 unspecified atom stereocenters. The molecule has 0 spiro atoms. The van der Waals surface area contributed by atoms with E-state index in [1.165, 1.54) is 23.9 Å². The molecule has 1 aliphatic heterocycles. The number of carbonyl (C=O) groups is 1. The summed E-state index contributed by atoms with van der Waals surface area (Å²) in [7, 11) is 1.63. The molecule has 5 rings (SSSR count). The second-order valence-electron chi connectivity index (χ2n) is 7.44. The number of hydrogen-bond donors (Lipinski definition) is 2. The van der Waals surface area contributed by atoms with Crippen molar-refractivity contribution in [2.24, 2.45) is 4.99 Å². The van der Waals surface area contributed by atoms with Gasteiger partial charge in [0.05, 0.1) is 22.4 Å². The third kappa shape index (κ3) is 4.10. The zero-order valence-corrected chi connectivity index (χ0v) is 19.4. The number of H-pyrrole nitrogens is 1. The molecule has 3 heterocycles. The standard InChI is InChI=1S/C22H18FN3O3S3/c1-29-15-4-5-18-17(8-15)25-21(32-18)30-10-19-26-22(11-31-19,20(27)28)9-14-6-12-2-3-13(23)7-16(12)24-14/h2-8,24H,9-11H2,1H3,(H,27,28). The third-order valence-corrected chi connectivity index (χ3v) is 8.80. The maximum absolute atomic E-state index is 13.5. The molecule has 1 atom stereocenters. The van der Waals surface area contributed by atoms with Gasteiger partial charge in [-0.05, 0) is 41.8 Å². The number of aromatic amines is 1. The molecule has 0 saturated carbocycles. The SMILES string of the molecule is COc1ccc2sc(SCC3=NC(Cc4cc5ccc(F)cc5[nH]4)(C(=O)O)CS3)nc2c1. The van der Waals surface area contributed by atoms with Crippen LogP contribution in [-0.2, 0) is 11.2 Å². The molecule has 2 aromatic heterocycles. The first-order chi connectivity index (χ1) is 15.4. The molecule has 0 saturated heterocycles. The molecule has 0 radical (unpaired) electrons. The van der Waals surface area contributed by atoms with E-state index in [1.807, 2.05) is 24.3 Å². The van der Waals surface area contributed by atoms with Crippen molar-refractivity contribution in [3.8, 4) is 5.75 Å². The van der Waals surface area contributed by atoms with Gasteiger partial charge in [0.15, 0.2) is 9.88 Å². The number of nitrogens with one attached hydrogen (secondary N) is 1. The van der Waals surface area contributed by atoms with Crippen LogP contribution in [0.2, 0.25) is 0 Å². The number of methoxy groups -OCH3 is 1. The van der Waals surface area contributed by atoms with Crippen LogP contribution in [0, 0.1) is 5.82 Å². The Morgan fingerprint density at radius 1 is 1.31 bits per heavy atom. The number of rotatable bonds is 7. The summed E-state index contributed by atoms with van der Waals surface area (Å²) in [6.45, 7) is 0. The maximum Gasteiger partial charge on any atom is 0.332 e. The number of fused-ring (bicyclic) bond motifs is 2. The molecule has 0 fully saturated rings. The fourth-order valence-corrected chi connectivity index (χ4v) is 6.90.